The lowest BCUT2D eigenvalue weighted by Gasteiger charge is -2.24. The lowest BCUT2D eigenvalue weighted by molar-refractivity contribution is 0.0990. The Morgan fingerprint density at radius 1 is 0.778 bits per heavy atom. The number of benzene rings is 2. The van der Waals surface area contributed by atoms with Crippen molar-refractivity contribution < 1.29 is 9.59 Å². The molecule has 0 amide bonds. The van der Waals surface area contributed by atoms with Gasteiger partial charge in [0.05, 0.1) is 5.57 Å². The third-order valence-corrected chi connectivity index (χ3v) is 5.04. The highest BCUT2D eigenvalue weighted by Gasteiger charge is 2.32. The topological polar surface area (TPSA) is 37.4 Å². The first kappa shape index (κ1) is 19.1. The number of Topliss-reactive ketones (excluding diaryl/α,β-unsaturated/α-hetero) is 2. The van der Waals surface area contributed by atoms with E-state index < -0.39 is 0 Å². The first-order chi connectivity index (χ1) is 13.2. The summed E-state index contributed by atoms with van der Waals surface area (Å²) < 4.78 is 0. The number of anilines is 1. The fourth-order valence-corrected chi connectivity index (χ4v) is 3.42. The van der Waals surface area contributed by atoms with Gasteiger partial charge < -0.3 is 4.90 Å². The molecule has 3 nitrogen and oxygen atoms in total. The number of rotatable bonds is 8. The van der Waals surface area contributed by atoms with Gasteiger partial charge in [-0.15, -0.1) is 0 Å². The van der Waals surface area contributed by atoms with E-state index in [9.17, 15) is 9.59 Å². The molecule has 0 aromatic heterocycles. The average molecular weight is 361 g/mol. The maximum Gasteiger partial charge on any atom is 0.197 e. The molecule has 0 fully saturated rings. The fraction of sp³-hybridized carbons (Fsp3) is 0.333. The second-order valence-corrected chi connectivity index (χ2v) is 7.05. The summed E-state index contributed by atoms with van der Waals surface area (Å²) in [5, 5.41) is 0. The fourth-order valence-electron chi connectivity index (χ4n) is 3.42. The summed E-state index contributed by atoms with van der Waals surface area (Å²) in [5.41, 5.74) is 3.37. The van der Waals surface area contributed by atoms with Crippen LogP contribution in [0.25, 0.3) is 6.08 Å². The molecule has 0 atom stereocenters. The predicted octanol–water partition coefficient (Wildman–Crippen LogP) is 5.56. The van der Waals surface area contributed by atoms with Crippen molar-refractivity contribution in [3.63, 3.8) is 0 Å². The molecule has 1 aliphatic carbocycles. The van der Waals surface area contributed by atoms with Crippen LogP contribution in [0.2, 0.25) is 0 Å². The van der Waals surface area contributed by atoms with Crippen molar-refractivity contribution in [1.82, 2.24) is 0 Å². The Hall–Kier alpha value is -2.68. The summed E-state index contributed by atoms with van der Waals surface area (Å²) in [6.07, 6.45) is 6.43. The van der Waals surface area contributed by atoms with E-state index in [1.807, 2.05) is 12.1 Å². The molecule has 0 saturated carbocycles. The first-order valence-corrected chi connectivity index (χ1v) is 9.90. The summed E-state index contributed by atoms with van der Waals surface area (Å²) >= 11 is 0. The predicted molar refractivity (Wildman–Crippen MR) is 112 cm³/mol. The van der Waals surface area contributed by atoms with E-state index in [4.69, 9.17) is 0 Å². The summed E-state index contributed by atoms with van der Waals surface area (Å²) in [4.78, 5) is 27.5. The molecular weight excluding hydrogens is 334 g/mol. The summed E-state index contributed by atoms with van der Waals surface area (Å²) in [6, 6.07) is 15.2. The highest BCUT2D eigenvalue weighted by atomic mass is 16.2. The molecule has 0 spiro atoms. The Labute approximate surface area is 161 Å². The lowest BCUT2D eigenvalue weighted by Crippen LogP contribution is -2.25. The van der Waals surface area contributed by atoms with Gasteiger partial charge in [0.15, 0.2) is 11.6 Å². The van der Waals surface area contributed by atoms with Crippen LogP contribution in [-0.4, -0.2) is 24.7 Å². The molecule has 0 saturated heterocycles. The van der Waals surface area contributed by atoms with Crippen LogP contribution in [0.1, 0.15) is 65.8 Å². The normalized spacial score (nSPS) is 13.0. The van der Waals surface area contributed by atoms with Gasteiger partial charge in [-0.2, -0.15) is 0 Å². The molecule has 0 radical (unpaired) electrons. The Morgan fingerprint density at radius 3 is 1.78 bits per heavy atom. The Balaban J connectivity index is 1.80. The van der Waals surface area contributed by atoms with Gasteiger partial charge in [0.25, 0.3) is 0 Å². The molecule has 0 aliphatic heterocycles. The van der Waals surface area contributed by atoms with E-state index >= 15 is 0 Å². The van der Waals surface area contributed by atoms with Gasteiger partial charge in [-0.1, -0.05) is 63.1 Å². The highest BCUT2D eigenvalue weighted by molar-refractivity contribution is 6.41. The van der Waals surface area contributed by atoms with Crippen LogP contribution in [0.4, 0.5) is 5.69 Å². The second-order valence-electron chi connectivity index (χ2n) is 7.05. The smallest absolute Gasteiger partial charge is 0.197 e. The van der Waals surface area contributed by atoms with E-state index in [2.05, 4.69) is 30.9 Å². The molecule has 0 unspecified atom stereocenters. The van der Waals surface area contributed by atoms with Crippen molar-refractivity contribution >= 4 is 23.3 Å². The van der Waals surface area contributed by atoms with Crippen molar-refractivity contribution in [2.75, 3.05) is 18.0 Å². The lowest BCUT2D eigenvalue weighted by atomic mass is 10.1. The minimum atomic E-state index is -0.174. The van der Waals surface area contributed by atoms with E-state index in [0.29, 0.717) is 11.1 Å². The zero-order valence-corrected chi connectivity index (χ0v) is 16.2. The average Bonchev–Trinajstić information content (AvgIpc) is 2.94. The molecule has 0 N–H and O–H groups in total. The number of carbonyl (C=O) groups is 2. The van der Waals surface area contributed by atoms with E-state index in [1.165, 1.54) is 31.4 Å². The molecular formula is C24H27NO2. The third kappa shape index (κ3) is 4.19. The van der Waals surface area contributed by atoms with E-state index in [0.717, 1.165) is 18.7 Å². The zero-order valence-electron chi connectivity index (χ0n) is 16.2. The second kappa shape index (κ2) is 8.81. The first-order valence-electron chi connectivity index (χ1n) is 9.90. The van der Waals surface area contributed by atoms with Gasteiger partial charge in [-0.05, 0) is 36.6 Å². The van der Waals surface area contributed by atoms with Crippen LogP contribution >= 0.6 is 0 Å². The SMILES string of the molecule is CCCCN(CCCC)c1ccc(C=C2C(=O)c3ccccc3C2=O)cc1. The van der Waals surface area contributed by atoms with Crippen LogP contribution in [0.3, 0.4) is 0 Å². The molecule has 140 valence electrons. The number of unbranched alkanes of at least 4 members (excludes halogenated alkanes) is 2. The maximum absolute atomic E-state index is 12.5. The highest BCUT2D eigenvalue weighted by Crippen LogP contribution is 2.28. The molecule has 2 aromatic carbocycles. The molecule has 0 heterocycles. The standard InChI is InChI=1S/C24H27NO2/c1-3-5-15-25(16-6-4-2)19-13-11-18(12-14-19)17-22-23(26)20-9-7-8-10-21(20)24(22)27/h7-14,17H,3-6,15-16H2,1-2H3. The van der Waals surface area contributed by atoms with Gasteiger partial charge in [0.1, 0.15) is 0 Å². The maximum atomic E-state index is 12.5. The summed E-state index contributed by atoms with van der Waals surface area (Å²) in [5.74, 6) is -0.348. The monoisotopic (exact) mass is 361 g/mol. The van der Waals surface area contributed by atoms with Crippen LogP contribution < -0.4 is 4.90 Å². The Kier molecular flexibility index (Phi) is 6.23. The van der Waals surface area contributed by atoms with E-state index in [1.54, 1.807) is 30.3 Å². The van der Waals surface area contributed by atoms with Gasteiger partial charge in [-0.3, -0.25) is 9.59 Å². The number of allylic oxidation sites excluding steroid dienone is 1. The Bertz CT molecular complexity index is 804. The zero-order chi connectivity index (χ0) is 19.2. The number of carbonyl (C=O) groups excluding carboxylic acids is 2. The van der Waals surface area contributed by atoms with Crippen LogP contribution in [0, 0.1) is 0 Å². The molecule has 0 bridgehead atoms. The number of hydrogen-bond acceptors (Lipinski definition) is 3. The number of ketones is 2. The van der Waals surface area contributed by atoms with Gasteiger partial charge in [-0.25, -0.2) is 0 Å². The van der Waals surface area contributed by atoms with Gasteiger partial charge in [0, 0.05) is 29.9 Å². The minimum absolute atomic E-state index is 0.174. The number of nitrogens with zero attached hydrogens (tertiary/aromatic N) is 1. The van der Waals surface area contributed by atoms with Gasteiger partial charge >= 0.3 is 0 Å². The molecule has 3 heteroatoms. The third-order valence-electron chi connectivity index (χ3n) is 5.04. The Morgan fingerprint density at radius 2 is 1.30 bits per heavy atom. The number of hydrogen-bond donors (Lipinski definition) is 0. The van der Waals surface area contributed by atoms with Gasteiger partial charge in [0.2, 0.25) is 0 Å². The molecule has 2 aromatic rings. The quantitative estimate of drug-likeness (QED) is 0.456. The van der Waals surface area contributed by atoms with Crippen molar-refractivity contribution in [1.29, 1.82) is 0 Å². The van der Waals surface area contributed by atoms with Crippen molar-refractivity contribution in [2.45, 2.75) is 39.5 Å². The van der Waals surface area contributed by atoms with Crippen molar-refractivity contribution in [2.24, 2.45) is 0 Å². The summed E-state index contributed by atoms with van der Waals surface area (Å²) in [6.45, 7) is 6.54. The van der Waals surface area contributed by atoms with Crippen LogP contribution in [0.5, 0.6) is 0 Å². The van der Waals surface area contributed by atoms with Crippen molar-refractivity contribution in [3.05, 3.63) is 70.8 Å². The largest absolute Gasteiger partial charge is 0.372 e. The van der Waals surface area contributed by atoms with E-state index in [-0.39, 0.29) is 17.1 Å². The van der Waals surface area contributed by atoms with Crippen molar-refractivity contribution in [3.8, 4) is 0 Å². The molecule has 1 aliphatic rings. The van der Waals surface area contributed by atoms with Crippen LogP contribution in [-0.2, 0) is 0 Å². The summed E-state index contributed by atoms with van der Waals surface area (Å²) in [7, 11) is 0. The van der Waals surface area contributed by atoms with Crippen LogP contribution in [0.15, 0.2) is 54.1 Å². The number of fused-ring (bicyclic) bond motifs is 1. The minimum Gasteiger partial charge on any atom is -0.372 e. The molecule has 3 rings (SSSR count). The molecule has 27 heavy (non-hydrogen) atoms.